The van der Waals surface area contributed by atoms with Crippen LogP contribution in [0.25, 0.3) is 0 Å². The summed E-state index contributed by atoms with van der Waals surface area (Å²) in [5.74, 6) is 1.80. The van der Waals surface area contributed by atoms with Gasteiger partial charge in [-0.15, -0.1) is 0 Å². The van der Waals surface area contributed by atoms with Crippen molar-refractivity contribution in [3.8, 4) is 5.75 Å². The molecule has 4 aliphatic rings. The van der Waals surface area contributed by atoms with E-state index in [2.05, 4.69) is 13.0 Å². The molecule has 3 saturated carbocycles. The Labute approximate surface area is 132 Å². The van der Waals surface area contributed by atoms with Gasteiger partial charge in [0.2, 0.25) is 0 Å². The Kier molecular flexibility index (Phi) is 2.38. The van der Waals surface area contributed by atoms with Crippen molar-refractivity contribution < 1.29 is 10.2 Å². The number of rotatable bonds is 0. The molecule has 118 valence electrons. The van der Waals surface area contributed by atoms with Crippen molar-refractivity contribution in [1.82, 2.24) is 0 Å². The average Bonchev–Trinajstić information content (AvgIpc) is 2.88. The lowest BCUT2D eigenvalue weighted by Crippen LogP contribution is -2.51. The molecule has 3 unspecified atom stereocenters. The van der Waals surface area contributed by atoms with E-state index in [1.807, 2.05) is 12.1 Å². The third-order valence-electron chi connectivity index (χ3n) is 8.50. The molecule has 1 aromatic carbocycles. The smallest absolute Gasteiger partial charge is 0.115 e. The highest BCUT2D eigenvalue weighted by Gasteiger charge is 2.73. The minimum atomic E-state index is -0.382. The summed E-state index contributed by atoms with van der Waals surface area (Å²) in [6.45, 7) is 2.40. The number of aliphatic hydroxyl groups is 1. The van der Waals surface area contributed by atoms with E-state index in [0.29, 0.717) is 17.1 Å². The lowest BCUT2D eigenvalue weighted by molar-refractivity contribution is -0.101. The highest BCUT2D eigenvalue weighted by Crippen LogP contribution is 2.77. The van der Waals surface area contributed by atoms with Gasteiger partial charge in [-0.05, 0) is 91.9 Å². The molecule has 0 amide bonds. The second-order valence-electron chi connectivity index (χ2n) is 8.69. The molecular weight excluding hydrogens is 272 g/mol. The lowest BCUT2D eigenvalue weighted by Gasteiger charge is -2.56. The van der Waals surface area contributed by atoms with Crippen molar-refractivity contribution in [3.63, 3.8) is 0 Å². The Morgan fingerprint density at radius 2 is 1.82 bits per heavy atom. The molecule has 0 radical (unpaired) electrons. The first-order chi connectivity index (χ1) is 10.5. The Balaban J connectivity index is 1.62. The van der Waals surface area contributed by atoms with Crippen LogP contribution in [0.5, 0.6) is 5.75 Å². The summed E-state index contributed by atoms with van der Waals surface area (Å²) < 4.78 is 0. The maximum Gasteiger partial charge on any atom is 0.115 e. The van der Waals surface area contributed by atoms with Crippen LogP contribution in [0.3, 0.4) is 0 Å². The van der Waals surface area contributed by atoms with E-state index in [4.69, 9.17) is 0 Å². The quantitative estimate of drug-likeness (QED) is 0.755. The van der Waals surface area contributed by atoms with Crippen LogP contribution in [0.4, 0.5) is 0 Å². The fraction of sp³-hybridized carbons (Fsp3) is 0.700. The molecule has 2 heteroatoms. The summed E-state index contributed by atoms with van der Waals surface area (Å²) >= 11 is 0. The summed E-state index contributed by atoms with van der Waals surface area (Å²) in [6, 6.07) is 6.03. The topological polar surface area (TPSA) is 40.5 Å². The Bertz CT molecular complexity index is 641. The molecule has 0 spiro atoms. The van der Waals surface area contributed by atoms with E-state index in [1.54, 1.807) is 0 Å². The van der Waals surface area contributed by atoms with Crippen molar-refractivity contribution in [2.24, 2.45) is 16.7 Å². The summed E-state index contributed by atoms with van der Waals surface area (Å²) in [4.78, 5) is 0. The van der Waals surface area contributed by atoms with E-state index in [0.717, 1.165) is 25.2 Å². The molecule has 0 aromatic heterocycles. The van der Waals surface area contributed by atoms with Gasteiger partial charge in [-0.25, -0.2) is 0 Å². The monoisotopic (exact) mass is 298 g/mol. The number of phenols is 1. The molecule has 3 atom stereocenters. The first kappa shape index (κ1) is 13.4. The Morgan fingerprint density at radius 3 is 2.59 bits per heavy atom. The number of fused-ring (bicyclic) bond motifs is 3. The van der Waals surface area contributed by atoms with Crippen LogP contribution in [0.15, 0.2) is 18.2 Å². The summed E-state index contributed by atoms with van der Waals surface area (Å²) in [7, 11) is 0. The van der Waals surface area contributed by atoms with Crippen LogP contribution in [0.2, 0.25) is 0 Å². The van der Waals surface area contributed by atoms with Gasteiger partial charge in [0.05, 0.1) is 5.60 Å². The molecular formula is C20H26O2. The summed E-state index contributed by atoms with van der Waals surface area (Å²) in [5.41, 5.74) is 3.00. The predicted molar refractivity (Wildman–Crippen MR) is 85.9 cm³/mol. The van der Waals surface area contributed by atoms with Crippen LogP contribution in [0, 0.1) is 16.7 Å². The zero-order chi connectivity index (χ0) is 15.2. The minimum Gasteiger partial charge on any atom is -0.508 e. The van der Waals surface area contributed by atoms with Crippen molar-refractivity contribution in [2.75, 3.05) is 0 Å². The molecule has 22 heavy (non-hydrogen) atoms. The molecule has 2 N–H and O–H groups in total. The van der Waals surface area contributed by atoms with Gasteiger partial charge in [-0.3, -0.25) is 0 Å². The highest BCUT2D eigenvalue weighted by atomic mass is 16.3. The number of benzene rings is 1. The van der Waals surface area contributed by atoms with Crippen LogP contribution in [0.1, 0.15) is 68.9 Å². The van der Waals surface area contributed by atoms with Gasteiger partial charge in [0.1, 0.15) is 5.75 Å². The zero-order valence-electron chi connectivity index (χ0n) is 13.4. The standard InChI is InChI=1S/C20H26O2/c1-18-7-6-16-15-4-3-14(21)12-13(15)2-5-17(16)19(18)8-10-20(18,22)11-9-19/h3-4,12,16-17,21-22H,2,5-11H2,1H3. The van der Waals surface area contributed by atoms with E-state index < -0.39 is 0 Å². The maximum absolute atomic E-state index is 11.2. The summed E-state index contributed by atoms with van der Waals surface area (Å²) in [5, 5.41) is 21.0. The van der Waals surface area contributed by atoms with Crippen molar-refractivity contribution >= 4 is 0 Å². The second kappa shape index (κ2) is 3.90. The third-order valence-corrected chi connectivity index (χ3v) is 8.50. The minimum absolute atomic E-state index is 0.148. The van der Waals surface area contributed by atoms with Gasteiger partial charge in [0.25, 0.3) is 0 Å². The van der Waals surface area contributed by atoms with Gasteiger partial charge in [-0.2, -0.15) is 0 Å². The van der Waals surface area contributed by atoms with Gasteiger partial charge in [0, 0.05) is 5.41 Å². The first-order valence-electron chi connectivity index (χ1n) is 9.03. The van der Waals surface area contributed by atoms with Crippen molar-refractivity contribution in [1.29, 1.82) is 0 Å². The molecule has 1 aromatic rings. The van der Waals surface area contributed by atoms with Gasteiger partial charge < -0.3 is 10.2 Å². The molecule has 2 bridgehead atoms. The van der Waals surface area contributed by atoms with Crippen LogP contribution in [-0.4, -0.2) is 15.8 Å². The Hall–Kier alpha value is -1.02. The zero-order valence-corrected chi connectivity index (χ0v) is 13.4. The fourth-order valence-electron chi connectivity index (χ4n) is 7.30. The van der Waals surface area contributed by atoms with E-state index >= 15 is 0 Å². The average molecular weight is 298 g/mol. The van der Waals surface area contributed by atoms with Crippen molar-refractivity contribution in [2.45, 2.75) is 69.8 Å². The normalized spacial score (nSPS) is 48.6. The van der Waals surface area contributed by atoms with Crippen LogP contribution < -0.4 is 0 Å². The Morgan fingerprint density at radius 1 is 1.05 bits per heavy atom. The number of hydrogen-bond donors (Lipinski definition) is 2. The third kappa shape index (κ3) is 1.29. The van der Waals surface area contributed by atoms with Crippen molar-refractivity contribution in [3.05, 3.63) is 29.3 Å². The SMILES string of the molecule is CC12CCC3c4ccc(O)cc4CCC3C13CCC2(O)CC3. The molecule has 4 aliphatic carbocycles. The van der Waals surface area contributed by atoms with Crippen LogP contribution in [-0.2, 0) is 6.42 Å². The molecule has 2 nitrogen and oxygen atoms in total. The highest BCUT2D eigenvalue weighted by molar-refractivity contribution is 5.41. The number of phenolic OH excluding ortho intramolecular Hbond substituents is 1. The lowest BCUT2D eigenvalue weighted by atomic mass is 9.48. The van der Waals surface area contributed by atoms with E-state index in [1.165, 1.54) is 43.2 Å². The fourth-order valence-corrected chi connectivity index (χ4v) is 7.30. The van der Waals surface area contributed by atoms with Gasteiger partial charge >= 0.3 is 0 Å². The number of aryl methyl sites for hydroxylation is 1. The predicted octanol–water partition coefficient (Wildman–Crippen LogP) is 4.14. The molecule has 5 rings (SSSR count). The van der Waals surface area contributed by atoms with Gasteiger partial charge in [-0.1, -0.05) is 13.0 Å². The second-order valence-corrected chi connectivity index (χ2v) is 8.69. The first-order valence-corrected chi connectivity index (χ1v) is 9.03. The molecule has 0 heterocycles. The van der Waals surface area contributed by atoms with E-state index in [9.17, 15) is 10.2 Å². The molecule has 0 aliphatic heterocycles. The molecule has 0 saturated heterocycles. The maximum atomic E-state index is 11.2. The largest absolute Gasteiger partial charge is 0.508 e. The number of hydrogen-bond acceptors (Lipinski definition) is 2. The molecule has 3 fully saturated rings. The number of aromatic hydroxyl groups is 1. The van der Waals surface area contributed by atoms with Gasteiger partial charge in [0.15, 0.2) is 0 Å². The van der Waals surface area contributed by atoms with E-state index in [-0.39, 0.29) is 11.0 Å². The van der Waals surface area contributed by atoms with Crippen LogP contribution >= 0.6 is 0 Å². The summed E-state index contributed by atoms with van der Waals surface area (Å²) in [6.07, 6.45) is 9.23.